The molecule has 1 fully saturated rings. The van der Waals surface area contributed by atoms with Crippen LogP contribution >= 0.6 is 11.6 Å². The molecule has 1 aliphatic heterocycles. The monoisotopic (exact) mass is 425 g/mol. The number of nitrogens with zero attached hydrogens (tertiary/aromatic N) is 4. The Morgan fingerprint density at radius 2 is 1.97 bits per heavy atom. The predicted molar refractivity (Wildman–Crippen MR) is 121 cm³/mol. The van der Waals surface area contributed by atoms with Gasteiger partial charge in [-0.2, -0.15) is 5.10 Å². The summed E-state index contributed by atoms with van der Waals surface area (Å²) in [5.74, 6) is 1.40. The van der Waals surface area contributed by atoms with Gasteiger partial charge in [-0.1, -0.05) is 11.6 Å². The third-order valence-electron chi connectivity index (χ3n) is 5.58. The maximum Gasteiger partial charge on any atom is 0.161 e. The Hall–Kier alpha value is -2.97. The third kappa shape index (κ3) is 3.12. The van der Waals surface area contributed by atoms with Crippen molar-refractivity contribution in [3.05, 3.63) is 40.8 Å². The molecule has 3 N–H and O–H groups in total. The maximum atomic E-state index is 6.71. The normalized spacial score (nSPS) is 14.6. The van der Waals surface area contributed by atoms with Crippen molar-refractivity contribution in [3.63, 3.8) is 0 Å². The van der Waals surface area contributed by atoms with Crippen molar-refractivity contribution in [1.29, 1.82) is 0 Å². The summed E-state index contributed by atoms with van der Waals surface area (Å²) in [6.45, 7) is 7.84. The number of hydrogen-bond acceptors (Lipinski definition) is 6. The quantitative estimate of drug-likeness (QED) is 0.463. The van der Waals surface area contributed by atoms with Gasteiger partial charge in [0, 0.05) is 49.8 Å². The predicted octanol–water partition coefficient (Wildman–Crippen LogP) is 3.64. The number of H-pyrrole nitrogens is 1. The van der Waals surface area contributed by atoms with E-state index in [1.807, 2.05) is 36.7 Å². The maximum absolute atomic E-state index is 6.71. The number of rotatable bonds is 4. The molecule has 156 valence electrons. The number of ether oxygens (including phenoxy) is 1. The van der Waals surface area contributed by atoms with Crippen molar-refractivity contribution in [1.82, 2.24) is 24.9 Å². The summed E-state index contributed by atoms with van der Waals surface area (Å²) in [5, 5.41) is 15.9. The summed E-state index contributed by atoms with van der Waals surface area (Å²) in [4.78, 5) is 6.91. The van der Waals surface area contributed by atoms with Crippen LogP contribution in [-0.2, 0) is 0 Å². The Morgan fingerprint density at radius 1 is 1.17 bits per heavy atom. The van der Waals surface area contributed by atoms with Crippen LogP contribution in [0.15, 0.2) is 24.5 Å². The second-order valence-electron chi connectivity index (χ2n) is 7.60. The molecule has 4 aromatic rings. The van der Waals surface area contributed by atoms with Gasteiger partial charge in [-0.05, 0) is 26.0 Å². The number of imidazole rings is 1. The average molecular weight is 426 g/mol. The van der Waals surface area contributed by atoms with E-state index in [2.05, 4.69) is 36.8 Å². The van der Waals surface area contributed by atoms with Gasteiger partial charge in [0.2, 0.25) is 0 Å². The number of methoxy groups -OCH3 is 1. The molecule has 3 aromatic heterocycles. The summed E-state index contributed by atoms with van der Waals surface area (Å²) in [6.07, 6.45) is 3.95. The first-order valence-electron chi connectivity index (χ1n) is 9.98. The fourth-order valence-corrected chi connectivity index (χ4v) is 4.47. The lowest BCUT2D eigenvalue weighted by atomic mass is 10.2. The van der Waals surface area contributed by atoms with Crippen LogP contribution in [0.25, 0.3) is 16.6 Å². The first-order chi connectivity index (χ1) is 14.5. The molecule has 0 spiro atoms. The van der Waals surface area contributed by atoms with E-state index in [-0.39, 0.29) is 0 Å². The number of hydrogen-bond donors (Lipinski definition) is 3. The minimum Gasteiger partial charge on any atom is -0.494 e. The van der Waals surface area contributed by atoms with Gasteiger partial charge >= 0.3 is 0 Å². The molecule has 4 heterocycles. The number of anilines is 3. The van der Waals surface area contributed by atoms with E-state index >= 15 is 0 Å². The lowest BCUT2D eigenvalue weighted by Gasteiger charge is -2.29. The van der Waals surface area contributed by atoms with Gasteiger partial charge in [-0.15, -0.1) is 0 Å². The van der Waals surface area contributed by atoms with Crippen LogP contribution in [0, 0.1) is 13.8 Å². The molecule has 0 atom stereocenters. The smallest absolute Gasteiger partial charge is 0.161 e. The van der Waals surface area contributed by atoms with Gasteiger partial charge in [-0.25, -0.2) is 4.98 Å². The van der Waals surface area contributed by atoms with Crippen LogP contribution < -0.4 is 20.3 Å². The highest BCUT2D eigenvalue weighted by Gasteiger charge is 2.19. The summed E-state index contributed by atoms with van der Waals surface area (Å²) in [5.41, 5.74) is 5.59. The molecule has 0 aliphatic carbocycles. The number of nitrogens with one attached hydrogen (secondary N) is 3. The van der Waals surface area contributed by atoms with E-state index < -0.39 is 0 Å². The number of aromatic amines is 1. The minimum absolute atomic E-state index is 0.660. The van der Waals surface area contributed by atoms with Crippen molar-refractivity contribution in [2.45, 2.75) is 13.8 Å². The Labute approximate surface area is 179 Å². The van der Waals surface area contributed by atoms with Crippen LogP contribution in [0.4, 0.5) is 17.2 Å². The molecule has 0 bridgehead atoms. The number of fused-ring (bicyclic) bond motifs is 2. The Kier molecular flexibility index (Phi) is 4.67. The number of aromatic nitrogens is 4. The van der Waals surface area contributed by atoms with E-state index in [0.717, 1.165) is 71.1 Å². The van der Waals surface area contributed by atoms with Gasteiger partial charge in [0.05, 0.1) is 34.4 Å². The van der Waals surface area contributed by atoms with Gasteiger partial charge < -0.3 is 24.7 Å². The fraction of sp³-hybridized carbons (Fsp3) is 0.333. The van der Waals surface area contributed by atoms with Gasteiger partial charge in [0.25, 0.3) is 0 Å². The molecular weight excluding hydrogens is 402 g/mol. The molecular formula is C21H24ClN7O. The lowest BCUT2D eigenvalue weighted by molar-refractivity contribution is 0.413. The van der Waals surface area contributed by atoms with Gasteiger partial charge in [0.1, 0.15) is 11.4 Å². The largest absolute Gasteiger partial charge is 0.494 e. The van der Waals surface area contributed by atoms with Gasteiger partial charge in [0.15, 0.2) is 5.82 Å². The second-order valence-corrected chi connectivity index (χ2v) is 8.01. The van der Waals surface area contributed by atoms with Crippen molar-refractivity contribution in [3.8, 4) is 5.75 Å². The van der Waals surface area contributed by atoms with Crippen molar-refractivity contribution in [2.75, 3.05) is 43.5 Å². The van der Waals surface area contributed by atoms with Crippen LogP contribution in [0.1, 0.15) is 11.3 Å². The Morgan fingerprint density at radius 3 is 2.73 bits per heavy atom. The van der Waals surface area contributed by atoms with E-state index in [4.69, 9.17) is 16.3 Å². The molecule has 0 unspecified atom stereocenters. The zero-order valence-corrected chi connectivity index (χ0v) is 18.0. The number of halogens is 1. The van der Waals surface area contributed by atoms with Gasteiger partial charge in [-0.3, -0.25) is 5.10 Å². The average Bonchev–Trinajstić information content (AvgIpc) is 3.32. The van der Waals surface area contributed by atoms with Crippen LogP contribution in [0.3, 0.4) is 0 Å². The number of benzene rings is 1. The standard InChI is InChI=1S/C21H24ClN7O/c1-12-10-29-11-17(19(30-3)13(2)21(29)24-12)25-20-18-15(22)8-14(9-16(18)26-27-20)28-6-4-23-5-7-28/h8-11,23H,4-7H2,1-3H3,(H2,25,26,27). The first-order valence-corrected chi connectivity index (χ1v) is 10.4. The highest BCUT2D eigenvalue weighted by atomic mass is 35.5. The molecule has 0 saturated carbocycles. The first kappa shape index (κ1) is 19.0. The molecule has 1 aromatic carbocycles. The molecule has 1 aliphatic rings. The summed E-state index contributed by atoms with van der Waals surface area (Å²) >= 11 is 6.71. The summed E-state index contributed by atoms with van der Waals surface area (Å²) < 4.78 is 7.68. The topological polar surface area (TPSA) is 82.5 Å². The molecule has 0 radical (unpaired) electrons. The van der Waals surface area contributed by atoms with E-state index in [0.29, 0.717) is 10.8 Å². The Bertz CT molecular complexity index is 1240. The lowest BCUT2D eigenvalue weighted by Crippen LogP contribution is -2.43. The van der Waals surface area contributed by atoms with Crippen molar-refractivity contribution in [2.24, 2.45) is 0 Å². The molecule has 0 amide bonds. The van der Waals surface area contributed by atoms with Crippen LogP contribution in [-0.4, -0.2) is 52.9 Å². The van der Waals surface area contributed by atoms with Crippen LogP contribution in [0.5, 0.6) is 5.75 Å². The van der Waals surface area contributed by atoms with E-state index in [1.54, 1.807) is 7.11 Å². The molecule has 5 rings (SSSR count). The number of pyridine rings is 1. The molecule has 8 nitrogen and oxygen atoms in total. The SMILES string of the molecule is COc1c(Nc2n[nH]c3cc(N4CCNCC4)cc(Cl)c23)cn2cc(C)nc2c1C. The zero-order chi connectivity index (χ0) is 20.8. The molecule has 1 saturated heterocycles. The number of aryl methyl sites for hydroxylation is 2. The van der Waals surface area contributed by atoms with E-state index in [1.165, 1.54) is 0 Å². The minimum atomic E-state index is 0.660. The summed E-state index contributed by atoms with van der Waals surface area (Å²) in [6, 6.07) is 4.12. The second kappa shape index (κ2) is 7.37. The third-order valence-corrected chi connectivity index (χ3v) is 5.88. The van der Waals surface area contributed by atoms with Crippen molar-refractivity contribution < 1.29 is 4.74 Å². The molecule has 9 heteroatoms. The highest BCUT2D eigenvalue weighted by Crippen LogP contribution is 2.38. The number of piperazine rings is 1. The fourth-order valence-electron chi connectivity index (χ4n) is 4.16. The zero-order valence-electron chi connectivity index (χ0n) is 17.2. The molecule has 30 heavy (non-hydrogen) atoms. The summed E-state index contributed by atoms with van der Waals surface area (Å²) in [7, 11) is 1.66. The van der Waals surface area contributed by atoms with Crippen LogP contribution in [0.2, 0.25) is 5.02 Å². The van der Waals surface area contributed by atoms with E-state index in [9.17, 15) is 0 Å². The van der Waals surface area contributed by atoms with Crippen molar-refractivity contribution >= 4 is 45.3 Å². The highest BCUT2D eigenvalue weighted by molar-refractivity contribution is 6.36. The Balaban J connectivity index is 1.56.